The molecule has 12 heavy (non-hydrogen) atoms. The molecule has 0 aliphatic carbocycles. The summed E-state index contributed by atoms with van der Waals surface area (Å²) in [6.07, 6.45) is 0. The highest BCUT2D eigenvalue weighted by Crippen LogP contribution is 2.27. The van der Waals surface area contributed by atoms with E-state index < -0.39 is 0 Å². The van der Waals surface area contributed by atoms with E-state index in [0.717, 1.165) is 22.5 Å². The van der Waals surface area contributed by atoms with E-state index in [-0.39, 0.29) is 0 Å². The van der Waals surface area contributed by atoms with Gasteiger partial charge in [-0.1, -0.05) is 12.1 Å². The molecule has 0 saturated carbocycles. The number of rotatable bonds is 1. The van der Waals surface area contributed by atoms with Crippen molar-refractivity contribution in [3.8, 4) is 0 Å². The molecule has 1 aromatic rings. The topological polar surface area (TPSA) is 55.3 Å². The molecule has 0 aliphatic rings. The van der Waals surface area contributed by atoms with Crippen molar-refractivity contribution >= 4 is 11.4 Å². The Morgan fingerprint density at radius 2 is 1.67 bits per heavy atom. The van der Waals surface area contributed by atoms with Crippen LogP contribution in [0.3, 0.4) is 0 Å². The summed E-state index contributed by atoms with van der Waals surface area (Å²) >= 11 is 0. The van der Waals surface area contributed by atoms with Gasteiger partial charge >= 0.3 is 0 Å². The van der Waals surface area contributed by atoms with Gasteiger partial charge in [0.15, 0.2) is 0 Å². The number of nitrogens with zero attached hydrogens (tertiary/aromatic N) is 1. The third kappa shape index (κ3) is 1.36. The first-order chi connectivity index (χ1) is 5.54. The minimum absolute atomic E-state index is 0.764. The van der Waals surface area contributed by atoms with E-state index in [4.69, 9.17) is 11.6 Å². The number of hydrazine groups is 1. The number of anilines is 2. The Morgan fingerprint density at radius 3 is 2.08 bits per heavy atom. The Bertz CT molecular complexity index is 292. The lowest BCUT2D eigenvalue weighted by Crippen LogP contribution is -2.27. The quantitative estimate of drug-likeness (QED) is 0.373. The number of benzene rings is 1. The van der Waals surface area contributed by atoms with E-state index in [1.54, 1.807) is 12.1 Å². The fourth-order valence-electron chi connectivity index (χ4n) is 1.29. The minimum atomic E-state index is 0.764. The molecule has 0 saturated heterocycles. The molecule has 4 N–H and O–H groups in total. The van der Waals surface area contributed by atoms with Gasteiger partial charge in [-0.3, -0.25) is 0 Å². The maximum atomic E-state index is 5.86. The van der Waals surface area contributed by atoms with Crippen LogP contribution in [-0.2, 0) is 0 Å². The first-order valence-electron chi connectivity index (χ1n) is 3.88. The summed E-state index contributed by atoms with van der Waals surface area (Å²) in [4.78, 5) is 0. The maximum Gasteiger partial charge on any atom is 0.0775 e. The van der Waals surface area contributed by atoms with Crippen molar-refractivity contribution in [1.29, 1.82) is 0 Å². The van der Waals surface area contributed by atoms with Gasteiger partial charge in [-0.15, -0.1) is 0 Å². The second-order valence-corrected chi connectivity index (χ2v) is 3.07. The second-order valence-electron chi connectivity index (χ2n) is 3.07. The summed E-state index contributed by atoms with van der Waals surface area (Å²) in [5, 5.41) is 1.55. The van der Waals surface area contributed by atoms with Crippen molar-refractivity contribution in [2.24, 2.45) is 5.84 Å². The lowest BCUT2D eigenvalue weighted by atomic mass is 10.1. The number of hydrogen-bond donors (Lipinski definition) is 2. The van der Waals surface area contributed by atoms with Gasteiger partial charge in [-0.25, -0.2) is 5.84 Å². The van der Waals surface area contributed by atoms with E-state index in [1.165, 1.54) is 0 Å². The molecule has 0 fully saturated rings. The van der Waals surface area contributed by atoms with E-state index >= 15 is 0 Å². The van der Waals surface area contributed by atoms with Crippen molar-refractivity contribution in [3.05, 3.63) is 23.3 Å². The molecule has 1 aromatic carbocycles. The summed E-state index contributed by atoms with van der Waals surface area (Å²) in [6, 6.07) is 4.02. The monoisotopic (exact) mass is 165 g/mol. The second kappa shape index (κ2) is 3.03. The largest absolute Gasteiger partial charge is 0.397 e. The molecule has 0 aromatic heterocycles. The molecule has 0 unspecified atom stereocenters. The molecule has 3 nitrogen and oxygen atoms in total. The Hall–Kier alpha value is -1.22. The van der Waals surface area contributed by atoms with E-state index in [9.17, 15) is 0 Å². The average Bonchev–Trinajstić information content (AvgIpc) is 1.97. The molecule has 0 bridgehead atoms. The van der Waals surface area contributed by atoms with Crippen LogP contribution in [0.4, 0.5) is 11.4 Å². The van der Waals surface area contributed by atoms with Crippen molar-refractivity contribution in [1.82, 2.24) is 0 Å². The predicted octanol–water partition coefficient (Wildman–Crippen LogP) is 1.20. The summed E-state index contributed by atoms with van der Waals surface area (Å²) < 4.78 is 0. The fraction of sp³-hybridized carbons (Fsp3) is 0.333. The van der Waals surface area contributed by atoms with Gasteiger partial charge in [0, 0.05) is 7.05 Å². The molecule has 3 heteroatoms. The minimum Gasteiger partial charge on any atom is -0.397 e. The van der Waals surface area contributed by atoms with Crippen LogP contribution < -0.4 is 16.6 Å². The highest BCUT2D eigenvalue weighted by Gasteiger charge is 2.06. The molecule has 0 amide bonds. The van der Waals surface area contributed by atoms with Gasteiger partial charge in [0.05, 0.1) is 11.4 Å². The lowest BCUT2D eigenvalue weighted by molar-refractivity contribution is 1.01. The molecule has 0 atom stereocenters. The molecule has 0 heterocycles. The van der Waals surface area contributed by atoms with Gasteiger partial charge in [0.1, 0.15) is 0 Å². The zero-order valence-corrected chi connectivity index (χ0v) is 7.76. The van der Waals surface area contributed by atoms with Crippen LogP contribution in [0, 0.1) is 13.8 Å². The predicted molar refractivity (Wildman–Crippen MR) is 52.9 cm³/mol. The van der Waals surface area contributed by atoms with Crippen LogP contribution in [-0.4, -0.2) is 7.05 Å². The third-order valence-electron chi connectivity index (χ3n) is 1.99. The van der Waals surface area contributed by atoms with Gasteiger partial charge < -0.3 is 10.7 Å². The van der Waals surface area contributed by atoms with Crippen molar-refractivity contribution in [2.45, 2.75) is 13.8 Å². The van der Waals surface area contributed by atoms with Crippen molar-refractivity contribution in [2.75, 3.05) is 17.8 Å². The first kappa shape index (κ1) is 8.87. The SMILES string of the molecule is Cc1ccc(C)c(N(C)N)c1N. The molecule has 0 aliphatic heterocycles. The highest BCUT2D eigenvalue weighted by molar-refractivity contribution is 5.73. The molecule has 0 radical (unpaired) electrons. The Labute approximate surface area is 72.9 Å². The molecule has 66 valence electrons. The highest BCUT2D eigenvalue weighted by atomic mass is 15.4. The Kier molecular flexibility index (Phi) is 2.24. The smallest absolute Gasteiger partial charge is 0.0775 e. The van der Waals surface area contributed by atoms with Crippen LogP contribution in [0.1, 0.15) is 11.1 Å². The molecule has 1 rings (SSSR count). The van der Waals surface area contributed by atoms with Crippen molar-refractivity contribution in [3.63, 3.8) is 0 Å². The van der Waals surface area contributed by atoms with Crippen LogP contribution in [0.5, 0.6) is 0 Å². The molecular formula is C9H15N3. The molecular weight excluding hydrogens is 150 g/mol. The van der Waals surface area contributed by atoms with E-state index in [2.05, 4.69) is 0 Å². The van der Waals surface area contributed by atoms with Gasteiger partial charge in [0.2, 0.25) is 0 Å². The normalized spacial score (nSPS) is 10.0. The maximum absolute atomic E-state index is 5.86. The van der Waals surface area contributed by atoms with Crippen LogP contribution >= 0.6 is 0 Å². The number of nitrogen functional groups attached to an aromatic ring is 1. The zero-order chi connectivity index (χ0) is 9.30. The van der Waals surface area contributed by atoms with E-state index in [0.29, 0.717) is 0 Å². The number of aryl methyl sites for hydroxylation is 2. The number of nitrogens with two attached hydrogens (primary N) is 2. The Morgan fingerprint density at radius 1 is 1.17 bits per heavy atom. The molecule has 0 spiro atoms. The van der Waals surface area contributed by atoms with E-state index in [1.807, 2.05) is 26.0 Å². The van der Waals surface area contributed by atoms with Crippen LogP contribution in [0.25, 0.3) is 0 Å². The standard InChI is InChI=1S/C9H15N3/c1-6-4-5-7(2)9(8(6)10)12(3)11/h4-5H,10-11H2,1-3H3. The lowest BCUT2D eigenvalue weighted by Gasteiger charge is -2.18. The fourth-order valence-corrected chi connectivity index (χ4v) is 1.29. The average molecular weight is 165 g/mol. The zero-order valence-electron chi connectivity index (χ0n) is 7.76. The first-order valence-corrected chi connectivity index (χ1v) is 3.88. The van der Waals surface area contributed by atoms with Crippen LogP contribution in [0.15, 0.2) is 12.1 Å². The summed E-state index contributed by atoms with van der Waals surface area (Å²) in [6.45, 7) is 3.97. The number of hydrogen-bond acceptors (Lipinski definition) is 3. The Balaban J connectivity index is 3.33. The van der Waals surface area contributed by atoms with Crippen LogP contribution in [0.2, 0.25) is 0 Å². The van der Waals surface area contributed by atoms with Gasteiger partial charge in [-0.05, 0) is 25.0 Å². The van der Waals surface area contributed by atoms with Gasteiger partial charge in [0.25, 0.3) is 0 Å². The summed E-state index contributed by atoms with van der Waals surface area (Å²) in [5.41, 5.74) is 9.70. The van der Waals surface area contributed by atoms with Gasteiger partial charge in [-0.2, -0.15) is 0 Å². The van der Waals surface area contributed by atoms with Crippen molar-refractivity contribution < 1.29 is 0 Å². The summed E-state index contributed by atoms with van der Waals surface area (Å²) in [7, 11) is 1.79. The third-order valence-corrected chi connectivity index (χ3v) is 1.99. The summed E-state index contributed by atoms with van der Waals surface area (Å²) in [5.74, 6) is 5.64.